The van der Waals surface area contributed by atoms with Gasteiger partial charge in [0.1, 0.15) is 0 Å². The van der Waals surface area contributed by atoms with Crippen LogP contribution in [0, 0.1) is 0 Å². The number of hydrogen-bond acceptors (Lipinski definition) is 3. The maximum absolute atomic E-state index is 11.9. The molecule has 1 aromatic rings. The monoisotopic (exact) mass is 345 g/mol. The summed E-state index contributed by atoms with van der Waals surface area (Å²) in [5.74, 6) is 0. The van der Waals surface area contributed by atoms with Crippen molar-refractivity contribution in [3.63, 3.8) is 0 Å². The molecule has 1 saturated heterocycles. The van der Waals surface area contributed by atoms with E-state index in [0.29, 0.717) is 13.2 Å². The Morgan fingerprint density at radius 1 is 1.42 bits per heavy atom. The Morgan fingerprint density at radius 2 is 2.26 bits per heavy atom. The summed E-state index contributed by atoms with van der Waals surface area (Å²) in [4.78, 5) is 0. The Hall–Kier alpha value is -0.690. The number of nitrogens with one attached hydrogen (secondary N) is 1. The van der Waals surface area contributed by atoms with Gasteiger partial charge < -0.3 is 4.74 Å². The molecule has 1 atom stereocenters. The smallest absolute Gasteiger partial charge is 0.234 e. The zero-order valence-electron chi connectivity index (χ0n) is 10.4. The zero-order valence-corrected chi connectivity index (χ0v) is 12.8. The highest BCUT2D eigenvalue weighted by molar-refractivity contribution is 9.10. The highest BCUT2D eigenvalue weighted by Crippen LogP contribution is 2.13. The second-order valence-electron chi connectivity index (χ2n) is 4.43. The van der Waals surface area contributed by atoms with Crippen molar-refractivity contribution in [3.8, 4) is 0 Å². The molecule has 4 nitrogen and oxygen atoms in total. The summed E-state index contributed by atoms with van der Waals surface area (Å²) in [5, 5.41) is 1.20. The van der Waals surface area contributed by atoms with Gasteiger partial charge in [-0.25, -0.2) is 13.1 Å². The highest BCUT2D eigenvalue weighted by Gasteiger charge is 2.18. The van der Waals surface area contributed by atoms with E-state index in [1.807, 2.05) is 24.3 Å². The van der Waals surface area contributed by atoms with Crippen LogP contribution in [0.4, 0.5) is 0 Å². The van der Waals surface area contributed by atoms with Gasteiger partial charge in [-0.1, -0.05) is 28.1 Å². The minimum atomic E-state index is -3.42. The number of sulfonamides is 1. The molecule has 19 heavy (non-hydrogen) atoms. The number of halogens is 1. The number of hydrogen-bond donors (Lipinski definition) is 1. The van der Waals surface area contributed by atoms with E-state index in [1.54, 1.807) is 6.08 Å². The van der Waals surface area contributed by atoms with Crippen LogP contribution in [0.25, 0.3) is 6.08 Å². The van der Waals surface area contributed by atoms with Crippen LogP contribution < -0.4 is 4.72 Å². The summed E-state index contributed by atoms with van der Waals surface area (Å²) < 4.78 is 32.6. The van der Waals surface area contributed by atoms with Gasteiger partial charge in [-0.05, 0) is 36.6 Å². The SMILES string of the molecule is O=S(=O)(/C=C/c1cccc(Br)c1)NC1CCCOC1. The summed E-state index contributed by atoms with van der Waals surface area (Å²) in [5.41, 5.74) is 0.833. The summed E-state index contributed by atoms with van der Waals surface area (Å²) in [6.45, 7) is 1.16. The number of benzene rings is 1. The lowest BCUT2D eigenvalue weighted by atomic mass is 10.1. The van der Waals surface area contributed by atoms with Crippen LogP contribution in [0.3, 0.4) is 0 Å². The zero-order chi connectivity index (χ0) is 13.7. The standard InChI is InChI=1S/C13H16BrNO3S/c14-12-4-1-3-11(9-12)6-8-19(16,17)15-13-5-2-7-18-10-13/h1,3-4,6,8-9,13,15H,2,5,7,10H2/b8-6+. The van der Waals surface area contributed by atoms with E-state index >= 15 is 0 Å². The molecule has 1 aliphatic heterocycles. The summed E-state index contributed by atoms with van der Waals surface area (Å²) in [6, 6.07) is 7.34. The lowest BCUT2D eigenvalue weighted by molar-refractivity contribution is 0.0775. The van der Waals surface area contributed by atoms with Gasteiger partial charge in [0, 0.05) is 22.5 Å². The minimum Gasteiger partial charge on any atom is -0.380 e. The molecule has 0 aromatic heterocycles. The van der Waals surface area contributed by atoms with Crippen LogP contribution in [0.5, 0.6) is 0 Å². The molecule has 1 aromatic carbocycles. The minimum absolute atomic E-state index is 0.120. The molecule has 6 heteroatoms. The van der Waals surface area contributed by atoms with Gasteiger partial charge in [0.2, 0.25) is 10.0 Å². The normalized spacial score (nSPS) is 20.8. The van der Waals surface area contributed by atoms with Gasteiger partial charge in [0.15, 0.2) is 0 Å². The Bertz CT molecular complexity index is 551. The molecule has 1 N–H and O–H groups in total. The summed E-state index contributed by atoms with van der Waals surface area (Å²) in [6.07, 6.45) is 3.29. The van der Waals surface area contributed by atoms with Crippen LogP contribution in [0.15, 0.2) is 34.1 Å². The topological polar surface area (TPSA) is 55.4 Å². The molecule has 0 radical (unpaired) electrons. The second kappa shape index (κ2) is 6.65. The predicted octanol–water partition coefficient (Wildman–Crippen LogP) is 2.52. The molecule has 0 aliphatic carbocycles. The Labute approximate surface area is 122 Å². The van der Waals surface area contributed by atoms with Crippen molar-refractivity contribution in [2.75, 3.05) is 13.2 Å². The van der Waals surface area contributed by atoms with Gasteiger partial charge in [-0.3, -0.25) is 0 Å². The molecule has 0 bridgehead atoms. The first-order valence-corrected chi connectivity index (χ1v) is 8.43. The van der Waals surface area contributed by atoms with E-state index in [-0.39, 0.29) is 6.04 Å². The van der Waals surface area contributed by atoms with Crippen molar-refractivity contribution in [1.82, 2.24) is 4.72 Å². The average Bonchev–Trinajstić information content (AvgIpc) is 2.37. The predicted molar refractivity (Wildman–Crippen MR) is 79.1 cm³/mol. The molecule has 0 spiro atoms. The molecule has 1 fully saturated rings. The quantitative estimate of drug-likeness (QED) is 0.912. The van der Waals surface area contributed by atoms with Crippen LogP contribution in [0.2, 0.25) is 0 Å². The van der Waals surface area contributed by atoms with Crippen LogP contribution in [0.1, 0.15) is 18.4 Å². The lowest BCUT2D eigenvalue weighted by Gasteiger charge is -2.22. The molecule has 0 saturated carbocycles. The molecule has 0 amide bonds. The number of ether oxygens (including phenoxy) is 1. The van der Waals surface area contributed by atoms with E-state index in [1.165, 1.54) is 5.41 Å². The van der Waals surface area contributed by atoms with E-state index in [2.05, 4.69) is 20.7 Å². The molecule has 1 unspecified atom stereocenters. The van der Waals surface area contributed by atoms with Crippen LogP contribution in [-0.4, -0.2) is 27.7 Å². The molecule has 104 valence electrons. The molecule has 2 rings (SSSR count). The third-order valence-corrected chi connectivity index (χ3v) is 4.43. The van der Waals surface area contributed by atoms with Gasteiger partial charge in [0.25, 0.3) is 0 Å². The summed E-state index contributed by atoms with van der Waals surface area (Å²) in [7, 11) is -3.42. The van der Waals surface area contributed by atoms with Crippen molar-refractivity contribution >= 4 is 32.0 Å². The van der Waals surface area contributed by atoms with Crippen molar-refractivity contribution in [3.05, 3.63) is 39.7 Å². The Balaban J connectivity index is 2.00. The first-order chi connectivity index (χ1) is 9.05. The molecule has 1 heterocycles. The van der Waals surface area contributed by atoms with Crippen LogP contribution in [-0.2, 0) is 14.8 Å². The van der Waals surface area contributed by atoms with E-state index < -0.39 is 10.0 Å². The van der Waals surface area contributed by atoms with Crippen LogP contribution >= 0.6 is 15.9 Å². The van der Waals surface area contributed by atoms with Gasteiger partial charge in [0.05, 0.1) is 6.61 Å². The maximum Gasteiger partial charge on any atom is 0.234 e. The van der Waals surface area contributed by atoms with Crippen molar-refractivity contribution in [2.45, 2.75) is 18.9 Å². The number of rotatable bonds is 4. The summed E-state index contributed by atoms with van der Waals surface area (Å²) >= 11 is 3.35. The fourth-order valence-corrected chi connectivity index (χ4v) is 3.37. The van der Waals surface area contributed by atoms with Gasteiger partial charge in [-0.15, -0.1) is 0 Å². The first kappa shape index (κ1) is 14.7. The maximum atomic E-state index is 11.9. The van der Waals surface area contributed by atoms with E-state index in [9.17, 15) is 8.42 Å². The largest absolute Gasteiger partial charge is 0.380 e. The van der Waals surface area contributed by atoms with Gasteiger partial charge >= 0.3 is 0 Å². The first-order valence-electron chi connectivity index (χ1n) is 6.09. The lowest BCUT2D eigenvalue weighted by Crippen LogP contribution is -2.39. The van der Waals surface area contributed by atoms with E-state index in [4.69, 9.17) is 4.74 Å². The molecule has 1 aliphatic rings. The van der Waals surface area contributed by atoms with Crippen molar-refractivity contribution < 1.29 is 13.2 Å². The third-order valence-electron chi connectivity index (χ3n) is 2.78. The highest BCUT2D eigenvalue weighted by atomic mass is 79.9. The fraction of sp³-hybridized carbons (Fsp3) is 0.385. The van der Waals surface area contributed by atoms with Crippen molar-refractivity contribution in [2.24, 2.45) is 0 Å². The third kappa shape index (κ3) is 5.06. The molecular weight excluding hydrogens is 330 g/mol. The fourth-order valence-electron chi connectivity index (χ4n) is 1.88. The Morgan fingerprint density at radius 3 is 2.95 bits per heavy atom. The van der Waals surface area contributed by atoms with Crippen molar-refractivity contribution in [1.29, 1.82) is 0 Å². The average molecular weight is 346 g/mol. The van der Waals surface area contributed by atoms with Gasteiger partial charge in [-0.2, -0.15) is 0 Å². The Kier molecular flexibility index (Phi) is 5.15. The van der Waals surface area contributed by atoms with E-state index in [0.717, 1.165) is 22.9 Å². The molecular formula is C13H16BrNO3S. The second-order valence-corrected chi connectivity index (χ2v) is 6.95.